The lowest BCUT2D eigenvalue weighted by molar-refractivity contribution is -0.259. The zero-order chi connectivity index (χ0) is 16.2. The van der Waals surface area contributed by atoms with E-state index in [2.05, 4.69) is 6.92 Å². The van der Waals surface area contributed by atoms with Crippen LogP contribution in [0.5, 0.6) is 0 Å². The lowest BCUT2D eigenvalue weighted by Crippen LogP contribution is -2.68. The van der Waals surface area contributed by atoms with Crippen molar-refractivity contribution < 1.29 is 17.7 Å². The van der Waals surface area contributed by atoms with Gasteiger partial charge in [-0.3, -0.25) is 4.55 Å². The second-order valence-electron chi connectivity index (χ2n) is 6.87. The van der Waals surface area contributed by atoms with Crippen molar-refractivity contribution in [3.8, 4) is 0 Å². The van der Waals surface area contributed by atoms with Crippen molar-refractivity contribution in [2.45, 2.75) is 44.0 Å². The number of rotatable bonds is 4. The van der Waals surface area contributed by atoms with Crippen molar-refractivity contribution in [1.82, 2.24) is 0 Å². The van der Waals surface area contributed by atoms with Crippen molar-refractivity contribution in [2.75, 3.05) is 6.61 Å². The normalized spacial score (nSPS) is 35.7. The lowest BCUT2D eigenvalue weighted by atomic mass is 9.65. The first kappa shape index (κ1) is 16.2. The minimum absolute atomic E-state index is 0.0735. The highest BCUT2D eigenvalue weighted by molar-refractivity contribution is 7.86. The third-order valence-corrected chi connectivity index (χ3v) is 7.17. The number of hydrogen-bond acceptors (Lipinski definition) is 3. The van der Waals surface area contributed by atoms with Crippen molar-refractivity contribution in [2.24, 2.45) is 11.3 Å². The van der Waals surface area contributed by atoms with Gasteiger partial charge < -0.3 is 4.74 Å². The molecule has 2 fully saturated rings. The minimum atomic E-state index is -4.14. The SMILES string of the molecule is CC(C12OCC1(C)CCC2Cc1ccc(Cl)cc1)S(=O)(=O)O. The molecule has 0 radical (unpaired) electrons. The topological polar surface area (TPSA) is 63.6 Å². The molecule has 2 aliphatic rings. The molecule has 6 heteroatoms. The summed E-state index contributed by atoms with van der Waals surface area (Å²) in [5.74, 6) is 0.0735. The van der Waals surface area contributed by atoms with Crippen LogP contribution in [0.15, 0.2) is 24.3 Å². The molecule has 1 aromatic rings. The van der Waals surface area contributed by atoms with E-state index in [-0.39, 0.29) is 11.3 Å². The van der Waals surface area contributed by atoms with Crippen LogP contribution in [0.1, 0.15) is 32.3 Å². The van der Waals surface area contributed by atoms with Crippen LogP contribution in [0.25, 0.3) is 0 Å². The third kappa shape index (κ3) is 2.30. The fraction of sp³-hybridized carbons (Fsp3) is 0.625. The highest BCUT2D eigenvalue weighted by atomic mass is 35.5. The summed E-state index contributed by atoms with van der Waals surface area (Å²) in [7, 11) is -4.14. The van der Waals surface area contributed by atoms with Crippen LogP contribution in [0.3, 0.4) is 0 Å². The van der Waals surface area contributed by atoms with Crippen LogP contribution >= 0.6 is 11.6 Å². The summed E-state index contributed by atoms with van der Waals surface area (Å²) in [5.41, 5.74) is 0.135. The summed E-state index contributed by atoms with van der Waals surface area (Å²) in [4.78, 5) is 0. The van der Waals surface area contributed by atoms with E-state index in [0.29, 0.717) is 11.6 Å². The first-order chi connectivity index (χ1) is 10.2. The van der Waals surface area contributed by atoms with Gasteiger partial charge in [0.05, 0.1) is 12.2 Å². The number of hydrogen-bond donors (Lipinski definition) is 1. The Hall–Kier alpha value is -0.620. The highest BCUT2D eigenvalue weighted by Gasteiger charge is 2.69. The molecule has 122 valence electrons. The smallest absolute Gasteiger partial charge is 0.270 e. The molecule has 1 saturated carbocycles. The molecule has 1 saturated heterocycles. The fourth-order valence-corrected chi connectivity index (χ4v) is 5.50. The molecule has 0 bridgehead atoms. The Bertz CT molecular complexity index is 672. The molecule has 1 aliphatic heterocycles. The predicted molar refractivity (Wildman–Crippen MR) is 85.7 cm³/mol. The van der Waals surface area contributed by atoms with Crippen molar-refractivity contribution in [1.29, 1.82) is 0 Å². The summed E-state index contributed by atoms with van der Waals surface area (Å²) < 4.78 is 38.9. The minimum Gasteiger partial charge on any atom is -0.372 e. The van der Waals surface area contributed by atoms with Crippen LogP contribution in [0.2, 0.25) is 5.02 Å². The Morgan fingerprint density at radius 1 is 1.41 bits per heavy atom. The van der Waals surface area contributed by atoms with Crippen molar-refractivity contribution in [3.63, 3.8) is 0 Å². The molecular formula is C16H21ClO4S. The van der Waals surface area contributed by atoms with Gasteiger partial charge in [-0.15, -0.1) is 0 Å². The van der Waals surface area contributed by atoms with Crippen LogP contribution in [0, 0.1) is 11.3 Å². The van der Waals surface area contributed by atoms with E-state index in [9.17, 15) is 13.0 Å². The fourth-order valence-electron chi connectivity index (χ4n) is 4.39. The highest BCUT2D eigenvalue weighted by Crippen LogP contribution is 2.62. The zero-order valence-corrected chi connectivity index (χ0v) is 14.3. The van der Waals surface area contributed by atoms with E-state index in [0.717, 1.165) is 24.8 Å². The molecular weight excluding hydrogens is 324 g/mol. The molecule has 4 atom stereocenters. The van der Waals surface area contributed by atoms with Gasteiger partial charge >= 0.3 is 0 Å². The molecule has 0 spiro atoms. The largest absolute Gasteiger partial charge is 0.372 e. The number of benzene rings is 1. The zero-order valence-electron chi connectivity index (χ0n) is 12.8. The van der Waals surface area contributed by atoms with Gasteiger partial charge in [0.2, 0.25) is 0 Å². The first-order valence-electron chi connectivity index (χ1n) is 7.54. The van der Waals surface area contributed by atoms with Crippen LogP contribution in [-0.2, 0) is 21.3 Å². The van der Waals surface area contributed by atoms with Gasteiger partial charge in [-0.2, -0.15) is 8.42 Å². The van der Waals surface area contributed by atoms with E-state index >= 15 is 0 Å². The average Bonchev–Trinajstić information content (AvgIpc) is 2.61. The van der Waals surface area contributed by atoms with E-state index < -0.39 is 21.0 Å². The van der Waals surface area contributed by atoms with Gasteiger partial charge in [-0.1, -0.05) is 30.7 Å². The summed E-state index contributed by atoms with van der Waals surface area (Å²) in [6.07, 6.45) is 2.55. The molecule has 22 heavy (non-hydrogen) atoms. The van der Waals surface area contributed by atoms with Gasteiger partial charge in [0.1, 0.15) is 5.25 Å². The van der Waals surface area contributed by atoms with Crippen LogP contribution in [-0.4, -0.2) is 30.4 Å². The van der Waals surface area contributed by atoms with Crippen molar-refractivity contribution in [3.05, 3.63) is 34.9 Å². The standard InChI is InChI=1S/C16H21ClO4S/c1-11(22(18,19)20)16-13(7-8-15(16,2)10-21-16)9-12-3-5-14(17)6-4-12/h3-6,11,13H,7-10H2,1-2H3,(H,18,19,20). The molecule has 1 aromatic carbocycles. The van der Waals surface area contributed by atoms with Gasteiger partial charge in [0.15, 0.2) is 0 Å². The summed E-state index contributed by atoms with van der Waals surface area (Å²) >= 11 is 5.91. The van der Waals surface area contributed by atoms with Crippen LogP contribution in [0.4, 0.5) is 0 Å². The predicted octanol–water partition coefficient (Wildman–Crippen LogP) is 3.34. The summed E-state index contributed by atoms with van der Waals surface area (Å²) in [6, 6.07) is 7.60. The van der Waals surface area contributed by atoms with E-state index in [1.807, 2.05) is 24.3 Å². The molecule has 0 aromatic heterocycles. The second-order valence-corrected chi connectivity index (χ2v) is 9.04. The average molecular weight is 345 g/mol. The maximum absolute atomic E-state index is 11.7. The Morgan fingerprint density at radius 2 is 2.05 bits per heavy atom. The lowest BCUT2D eigenvalue weighted by Gasteiger charge is -2.58. The second kappa shape index (κ2) is 5.20. The van der Waals surface area contributed by atoms with E-state index in [1.165, 1.54) is 0 Å². The number of fused-ring (bicyclic) bond motifs is 1. The van der Waals surface area contributed by atoms with Gasteiger partial charge in [0.25, 0.3) is 10.1 Å². The number of ether oxygens (including phenoxy) is 1. The van der Waals surface area contributed by atoms with Crippen LogP contribution < -0.4 is 0 Å². The summed E-state index contributed by atoms with van der Waals surface area (Å²) in [6.45, 7) is 4.19. The van der Waals surface area contributed by atoms with E-state index in [4.69, 9.17) is 16.3 Å². The molecule has 3 rings (SSSR count). The quantitative estimate of drug-likeness (QED) is 0.851. The Kier molecular flexibility index (Phi) is 3.84. The molecule has 4 nitrogen and oxygen atoms in total. The number of halogens is 1. The molecule has 0 amide bonds. The first-order valence-corrected chi connectivity index (χ1v) is 9.42. The molecule has 1 heterocycles. The molecule has 1 N–H and O–H groups in total. The Balaban J connectivity index is 1.92. The van der Waals surface area contributed by atoms with Gasteiger partial charge in [0, 0.05) is 10.4 Å². The summed E-state index contributed by atoms with van der Waals surface area (Å²) in [5, 5.41) is -0.237. The molecule has 1 aliphatic carbocycles. The van der Waals surface area contributed by atoms with Gasteiger partial charge in [-0.05, 0) is 49.8 Å². The third-order valence-electron chi connectivity index (χ3n) is 5.67. The Morgan fingerprint density at radius 3 is 2.55 bits per heavy atom. The van der Waals surface area contributed by atoms with E-state index in [1.54, 1.807) is 6.92 Å². The molecule has 4 unspecified atom stereocenters. The maximum atomic E-state index is 11.7. The van der Waals surface area contributed by atoms with Gasteiger partial charge in [-0.25, -0.2) is 0 Å². The van der Waals surface area contributed by atoms with Crippen molar-refractivity contribution >= 4 is 21.7 Å². The monoisotopic (exact) mass is 344 g/mol. The Labute approximate surface area is 136 Å². The maximum Gasteiger partial charge on any atom is 0.270 e.